The van der Waals surface area contributed by atoms with Crippen LogP contribution in [0.1, 0.15) is 21.5 Å². The minimum Gasteiger partial charge on any atom is -0.454 e. The van der Waals surface area contributed by atoms with Crippen LogP contribution in [0.25, 0.3) is 0 Å². The van der Waals surface area contributed by atoms with Gasteiger partial charge in [0.2, 0.25) is 6.79 Å². The average Bonchev–Trinajstić information content (AvgIpc) is 3.09. The molecule has 4 rings (SSSR count). The molecule has 0 spiro atoms. The number of nitrogens with zero attached hydrogens (tertiary/aromatic N) is 1. The van der Waals surface area contributed by atoms with E-state index in [0.717, 1.165) is 16.8 Å². The first-order valence-corrected chi connectivity index (χ1v) is 8.59. The zero-order valence-corrected chi connectivity index (χ0v) is 15.1. The van der Waals surface area contributed by atoms with E-state index in [1.165, 1.54) is 0 Å². The Morgan fingerprint density at radius 3 is 2.52 bits per heavy atom. The minimum absolute atomic E-state index is 0.199. The van der Waals surface area contributed by atoms with Gasteiger partial charge < -0.3 is 20.1 Å². The van der Waals surface area contributed by atoms with Crippen LogP contribution < -0.4 is 20.1 Å². The fraction of sp³-hybridized carbons (Fsp3) is 0.143. The molecule has 0 radical (unpaired) electrons. The van der Waals surface area contributed by atoms with E-state index in [2.05, 4.69) is 21.7 Å². The highest BCUT2D eigenvalue weighted by molar-refractivity contribution is 6.04. The van der Waals surface area contributed by atoms with Crippen molar-refractivity contribution in [1.82, 2.24) is 4.98 Å². The Bertz CT molecular complexity index is 997. The van der Waals surface area contributed by atoms with Gasteiger partial charge in [-0.2, -0.15) is 0 Å². The molecule has 1 aliphatic rings. The number of hydrogen-bond donors (Lipinski definition) is 2. The predicted octanol–water partition coefficient (Wildman–Crippen LogP) is 4.42. The Morgan fingerprint density at radius 1 is 0.926 bits per heavy atom. The highest BCUT2D eigenvalue weighted by atomic mass is 16.7. The summed E-state index contributed by atoms with van der Waals surface area (Å²) < 4.78 is 10.6. The summed E-state index contributed by atoms with van der Waals surface area (Å²) in [6.45, 7) is 4.28. The first-order valence-electron chi connectivity index (χ1n) is 8.59. The molecule has 136 valence electrons. The van der Waals surface area contributed by atoms with Gasteiger partial charge in [-0.3, -0.25) is 4.79 Å². The number of nitrogens with one attached hydrogen (secondary N) is 2. The standard InChI is InChI=1S/C21H19N3O3/c1-13-7-14(2)9-17(8-13)23-20-10-15(5-6-22-20)21(25)24-16-3-4-18-19(11-16)27-12-26-18/h3-11H,12H2,1-2H3,(H,22,23)(H,24,25). The van der Waals surface area contributed by atoms with Crippen LogP contribution in [0.4, 0.5) is 17.2 Å². The number of aryl methyl sites for hydroxylation is 2. The first-order chi connectivity index (χ1) is 13.1. The number of ether oxygens (including phenoxy) is 2. The number of pyridine rings is 1. The predicted molar refractivity (Wildman–Crippen MR) is 104 cm³/mol. The summed E-state index contributed by atoms with van der Waals surface area (Å²) in [7, 11) is 0. The normalized spacial score (nSPS) is 11.9. The summed E-state index contributed by atoms with van der Waals surface area (Å²) in [6.07, 6.45) is 1.61. The summed E-state index contributed by atoms with van der Waals surface area (Å²) in [6, 6.07) is 14.9. The summed E-state index contributed by atoms with van der Waals surface area (Å²) in [5, 5.41) is 6.12. The molecule has 2 aromatic carbocycles. The van der Waals surface area contributed by atoms with Crippen molar-refractivity contribution in [3.05, 3.63) is 71.4 Å². The van der Waals surface area contributed by atoms with Crippen molar-refractivity contribution in [2.45, 2.75) is 13.8 Å². The second-order valence-corrected chi connectivity index (χ2v) is 6.45. The Kier molecular flexibility index (Phi) is 4.38. The van der Waals surface area contributed by atoms with E-state index in [-0.39, 0.29) is 12.7 Å². The molecule has 3 aromatic rings. The molecule has 1 aliphatic heterocycles. The van der Waals surface area contributed by atoms with E-state index in [1.807, 2.05) is 26.0 Å². The van der Waals surface area contributed by atoms with E-state index in [9.17, 15) is 4.79 Å². The zero-order chi connectivity index (χ0) is 18.8. The molecule has 0 fully saturated rings. The van der Waals surface area contributed by atoms with E-state index in [1.54, 1.807) is 36.5 Å². The summed E-state index contributed by atoms with van der Waals surface area (Å²) in [5.74, 6) is 1.69. The lowest BCUT2D eigenvalue weighted by atomic mass is 10.1. The molecule has 0 atom stereocenters. The van der Waals surface area contributed by atoms with Gasteiger partial charge in [0.1, 0.15) is 5.82 Å². The van der Waals surface area contributed by atoms with Crippen LogP contribution in [0.3, 0.4) is 0 Å². The SMILES string of the molecule is Cc1cc(C)cc(Nc2cc(C(=O)Nc3ccc4c(c3)OCO4)ccn2)c1. The van der Waals surface area contributed by atoms with E-state index in [4.69, 9.17) is 9.47 Å². The first kappa shape index (κ1) is 16.9. The van der Waals surface area contributed by atoms with Crippen LogP contribution in [0.2, 0.25) is 0 Å². The van der Waals surface area contributed by atoms with Gasteiger partial charge in [0.25, 0.3) is 5.91 Å². The van der Waals surface area contributed by atoms with Gasteiger partial charge in [0, 0.05) is 29.2 Å². The van der Waals surface area contributed by atoms with Crippen molar-refractivity contribution in [1.29, 1.82) is 0 Å². The maximum absolute atomic E-state index is 12.6. The number of carbonyl (C=O) groups is 1. The summed E-state index contributed by atoms with van der Waals surface area (Å²) >= 11 is 0. The van der Waals surface area contributed by atoms with Gasteiger partial charge in [-0.1, -0.05) is 6.07 Å². The molecule has 0 saturated heterocycles. The third-order valence-electron chi connectivity index (χ3n) is 4.15. The highest BCUT2D eigenvalue weighted by Gasteiger charge is 2.15. The number of anilines is 3. The van der Waals surface area contributed by atoms with Gasteiger partial charge in [0.05, 0.1) is 0 Å². The van der Waals surface area contributed by atoms with Gasteiger partial charge in [-0.05, 0) is 61.4 Å². The molecular formula is C21H19N3O3. The lowest BCUT2D eigenvalue weighted by Gasteiger charge is -2.10. The van der Waals surface area contributed by atoms with Crippen molar-refractivity contribution in [2.24, 2.45) is 0 Å². The number of rotatable bonds is 4. The average molecular weight is 361 g/mol. The van der Waals surface area contributed by atoms with Crippen molar-refractivity contribution < 1.29 is 14.3 Å². The van der Waals surface area contributed by atoms with Crippen LogP contribution in [-0.2, 0) is 0 Å². The van der Waals surface area contributed by atoms with Crippen molar-refractivity contribution in [3.63, 3.8) is 0 Å². The number of fused-ring (bicyclic) bond motifs is 1. The second-order valence-electron chi connectivity index (χ2n) is 6.45. The van der Waals surface area contributed by atoms with E-state index >= 15 is 0 Å². The Balaban J connectivity index is 1.50. The summed E-state index contributed by atoms with van der Waals surface area (Å²) in [5.41, 5.74) is 4.41. The monoisotopic (exact) mass is 361 g/mol. The second kappa shape index (κ2) is 6.99. The van der Waals surface area contributed by atoms with Gasteiger partial charge >= 0.3 is 0 Å². The fourth-order valence-electron chi connectivity index (χ4n) is 3.01. The number of amides is 1. The quantitative estimate of drug-likeness (QED) is 0.719. The highest BCUT2D eigenvalue weighted by Crippen LogP contribution is 2.34. The van der Waals surface area contributed by atoms with Crippen LogP contribution >= 0.6 is 0 Å². The molecule has 0 bridgehead atoms. The largest absolute Gasteiger partial charge is 0.454 e. The van der Waals surface area contributed by atoms with Crippen LogP contribution in [0.15, 0.2) is 54.7 Å². The fourth-order valence-corrected chi connectivity index (χ4v) is 3.01. The topological polar surface area (TPSA) is 72.5 Å². The summed E-state index contributed by atoms with van der Waals surface area (Å²) in [4.78, 5) is 16.9. The van der Waals surface area contributed by atoms with Gasteiger partial charge in [0.15, 0.2) is 11.5 Å². The Hall–Kier alpha value is -3.54. The number of carbonyl (C=O) groups excluding carboxylic acids is 1. The molecule has 0 aliphatic carbocycles. The molecule has 2 N–H and O–H groups in total. The van der Waals surface area contributed by atoms with Crippen molar-refractivity contribution in [3.8, 4) is 11.5 Å². The number of benzene rings is 2. The molecule has 27 heavy (non-hydrogen) atoms. The molecule has 0 saturated carbocycles. The molecule has 2 heterocycles. The minimum atomic E-state index is -0.222. The van der Waals surface area contributed by atoms with Gasteiger partial charge in [-0.15, -0.1) is 0 Å². The Labute approximate surface area is 157 Å². The van der Waals surface area contributed by atoms with Crippen molar-refractivity contribution in [2.75, 3.05) is 17.4 Å². The number of hydrogen-bond acceptors (Lipinski definition) is 5. The molecule has 0 unspecified atom stereocenters. The molecule has 1 amide bonds. The van der Waals surface area contributed by atoms with Crippen LogP contribution in [-0.4, -0.2) is 17.7 Å². The molecular weight excluding hydrogens is 342 g/mol. The maximum atomic E-state index is 12.6. The van der Waals surface area contributed by atoms with Crippen molar-refractivity contribution >= 4 is 23.1 Å². The van der Waals surface area contributed by atoms with Crippen LogP contribution in [0.5, 0.6) is 11.5 Å². The maximum Gasteiger partial charge on any atom is 0.255 e. The third kappa shape index (κ3) is 3.84. The Morgan fingerprint density at radius 2 is 1.70 bits per heavy atom. The molecule has 6 nitrogen and oxygen atoms in total. The van der Waals surface area contributed by atoms with Gasteiger partial charge in [-0.25, -0.2) is 4.98 Å². The molecule has 6 heteroatoms. The number of aromatic nitrogens is 1. The van der Waals surface area contributed by atoms with Crippen LogP contribution in [0, 0.1) is 13.8 Å². The smallest absolute Gasteiger partial charge is 0.255 e. The third-order valence-corrected chi connectivity index (χ3v) is 4.15. The lowest BCUT2D eigenvalue weighted by Crippen LogP contribution is -2.12. The van der Waals surface area contributed by atoms with E-state index in [0.29, 0.717) is 28.6 Å². The van der Waals surface area contributed by atoms with E-state index < -0.39 is 0 Å². The lowest BCUT2D eigenvalue weighted by molar-refractivity contribution is 0.102. The molecule has 1 aromatic heterocycles. The zero-order valence-electron chi connectivity index (χ0n) is 15.1.